The van der Waals surface area contributed by atoms with Crippen LogP contribution in [0.4, 0.5) is 0 Å². The highest BCUT2D eigenvalue weighted by atomic mass is 16.5. The molecule has 1 saturated heterocycles. The van der Waals surface area contributed by atoms with Crippen molar-refractivity contribution in [1.82, 2.24) is 19.9 Å². The quantitative estimate of drug-likeness (QED) is 0.434. The van der Waals surface area contributed by atoms with E-state index in [4.69, 9.17) is 4.74 Å². The zero-order valence-electron chi connectivity index (χ0n) is 18.9. The minimum atomic E-state index is -0.0869. The average molecular weight is 403 g/mol. The standard InChI is InChI=1S/C23H38N4O2/c1-6-9-10-11-12-13-20-17-27(25-24-20)18(4)16-21-14-15-22(29-21)19(5)23(28)26(7-2)8-3/h17-19,21-22H,6-11,14-16H2,1-5H3/t18-,19-,21+,22-/m1/s1. The molecule has 0 spiro atoms. The summed E-state index contributed by atoms with van der Waals surface area (Å²) in [7, 11) is 0. The Bertz CT molecular complexity index is 687. The van der Waals surface area contributed by atoms with E-state index in [2.05, 4.69) is 36.0 Å². The number of aromatic nitrogens is 3. The number of nitrogens with zero attached hydrogens (tertiary/aromatic N) is 4. The highest BCUT2D eigenvalue weighted by Gasteiger charge is 2.35. The van der Waals surface area contributed by atoms with Gasteiger partial charge in [-0.25, -0.2) is 4.68 Å². The third kappa shape index (κ3) is 6.85. The Kier molecular flexibility index (Phi) is 9.66. The SMILES string of the molecule is CCCCCC#Cc1cn([C@H](C)C[C@@H]2CC[C@H]([C@@H](C)C(=O)N(CC)CC)O2)nn1. The predicted octanol–water partition coefficient (Wildman–Crippen LogP) is 4.21. The second-order valence-corrected chi connectivity index (χ2v) is 8.10. The van der Waals surface area contributed by atoms with E-state index < -0.39 is 0 Å². The fourth-order valence-corrected chi connectivity index (χ4v) is 3.91. The van der Waals surface area contributed by atoms with E-state index in [0.717, 1.165) is 50.9 Å². The maximum absolute atomic E-state index is 12.6. The van der Waals surface area contributed by atoms with Crippen molar-refractivity contribution in [2.45, 2.75) is 97.8 Å². The van der Waals surface area contributed by atoms with Crippen LogP contribution in [0.15, 0.2) is 6.20 Å². The van der Waals surface area contributed by atoms with Gasteiger partial charge in [0.25, 0.3) is 0 Å². The fourth-order valence-electron chi connectivity index (χ4n) is 3.91. The zero-order valence-corrected chi connectivity index (χ0v) is 18.9. The molecule has 6 heteroatoms. The van der Waals surface area contributed by atoms with Gasteiger partial charge in [0.15, 0.2) is 5.69 Å². The number of hydrogen-bond donors (Lipinski definition) is 0. The van der Waals surface area contributed by atoms with Gasteiger partial charge in [-0.05, 0) is 52.4 Å². The average Bonchev–Trinajstić information content (AvgIpc) is 3.38. The third-order valence-electron chi connectivity index (χ3n) is 5.85. The summed E-state index contributed by atoms with van der Waals surface area (Å²) in [6.07, 6.45) is 9.39. The van der Waals surface area contributed by atoms with Crippen molar-refractivity contribution in [3.8, 4) is 11.8 Å². The molecule has 0 N–H and O–H groups in total. The largest absolute Gasteiger partial charge is 0.374 e. The van der Waals surface area contributed by atoms with Gasteiger partial charge in [0.2, 0.25) is 5.91 Å². The van der Waals surface area contributed by atoms with E-state index in [9.17, 15) is 4.79 Å². The number of ether oxygens (including phenoxy) is 1. The van der Waals surface area contributed by atoms with Gasteiger partial charge in [0, 0.05) is 19.5 Å². The first-order valence-corrected chi connectivity index (χ1v) is 11.3. The van der Waals surface area contributed by atoms with Gasteiger partial charge >= 0.3 is 0 Å². The zero-order chi connectivity index (χ0) is 21.2. The first-order chi connectivity index (χ1) is 14.0. The molecule has 0 saturated carbocycles. The van der Waals surface area contributed by atoms with E-state index in [0.29, 0.717) is 0 Å². The lowest BCUT2D eigenvalue weighted by Gasteiger charge is -2.26. The number of carbonyl (C=O) groups is 1. The van der Waals surface area contributed by atoms with Crippen LogP contribution in [-0.2, 0) is 9.53 Å². The molecular weight excluding hydrogens is 364 g/mol. The Morgan fingerprint density at radius 2 is 2.03 bits per heavy atom. The Balaban J connectivity index is 1.83. The first-order valence-electron chi connectivity index (χ1n) is 11.3. The second-order valence-electron chi connectivity index (χ2n) is 8.10. The molecule has 1 aliphatic rings. The van der Waals surface area contributed by atoms with Gasteiger partial charge in [-0.3, -0.25) is 4.79 Å². The first kappa shape index (κ1) is 23.4. The summed E-state index contributed by atoms with van der Waals surface area (Å²) in [6, 6.07) is 0.190. The highest BCUT2D eigenvalue weighted by Crippen LogP contribution is 2.31. The summed E-state index contributed by atoms with van der Waals surface area (Å²) in [6.45, 7) is 11.9. The van der Waals surface area contributed by atoms with Crippen LogP contribution < -0.4 is 0 Å². The van der Waals surface area contributed by atoms with Crippen molar-refractivity contribution in [1.29, 1.82) is 0 Å². The summed E-state index contributed by atoms with van der Waals surface area (Å²) < 4.78 is 8.13. The van der Waals surface area contributed by atoms with Gasteiger partial charge in [-0.1, -0.05) is 37.8 Å². The number of carbonyl (C=O) groups excluding carboxylic acids is 1. The molecule has 4 atom stereocenters. The molecular formula is C23H38N4O2. The molecule has 2 rings (SSSR count). The predicted molar refractivity (Wildman–Crippen MR) is 115 cm³/mol. The monoisotopic (exact) mass is 402 g/mol. The minimum absolute atomic E-state index is 0.0144. The van der Waals surface area contributed by atoms with Gasteiger partial charge in [0.05, 0.1) is 30.4 Å². The van der Waals surface area contributed by atoms with Crippen molar-refractivity contribution in [3.05, 3.63) is 11.9 Å². The van der Waals surface area contributed by atoms with Crippen LogP contribution >= 0.6 is 0 Å². The van der Waals surface area contributed by atoms with E-state index in [1.54, 1.807) is 0 Å². The lowest BCUT2D eigenvalue weighted by molar-refractivity contribution is -0.139. The summed E-state index contributed by atoms with van der Waals surface area (Å²) in [4.78, 5) is 14.5. The minimum Gasteiger partial charge on any atom is -0.374 e. The van der Waals surface area contributed by atoms with Crippen LogP contribution in [-0.4, -0.2) is 51.1 Å². The van der Waals surface area contributed by atoms with Crippen LogP contribution in [0.5, 0.6) is 0 Å². The number of rotatable bonds is 10. The summed E-state index contributed by atoms with van der Waals surface area (Å²) in [5.74, 6) is 6.41. The topological polar surface area (TPSA) is 60.2 Å². The van der Waals surface area contributed by atoms with E-state index in [1.807, 2.05) is 36.5 Å². The Hall–Kier alpha value is -1.87. The van der Waals surface area contributed by atoms with Crippen LogP contribution in [0.3, 0.4) is 0 Å². The molecule has 1 aliphatic heterocycles. The summed E-state index contributed by atoms with van der Waals surface area (Å²) in [5.41, 5.74) is 0.733. The number of unbranched alkanes of at least 4 members (excludes halogenated alkanes) is 3. The Morgan fingerprint density at radius 3 is 2.72 bits per heavy atom. The normalized spacial score (nSPS) is 20.7. The maximum Gasteiger partial charge on any atom is 0.228 e. The third-order valence-corrected chi connectivity index (χ3v) is 5.85. The van der Waals surface area contributed by atoms with Gasteiger partial charge in [0.1, 0.15) is 0 Å². The molecule has 1 aromatic heterocycles. The summed E-state index contributed by atoms with van der Waals surface area (Å²) in [5, 5.41) is 8.43. The molecule has 6 nitrogen and oxygen atoms in total. The van der Waals surface area contributed by atoms with Crippen molar-refractivity contribution >= 4 is 5.91 Å². The van der Waals surface area contributed by atoms with E-state index >= 15 is 0 Å². The highest BCUT2D eigenvalue weighted by molar-refractivity contribution is 5.79. The lowest BCUT2D eigenvalue weighted by atomic mass is 9.99. The molecule has 0 unspecified atom stereocenters. The van der Waals surface area contributed by atoms with Crippen LogP contribution in [0.1, 0.15) is 91.3 Å². The molecule has 1 aromatic rings. The van der Waals surface area contributed by atoms with Crippen LogP contribution in [0.25, 0.3) is 0 Å². The Labute approximate surface area is 176 Å². The molecule has 29 heavy (non-hydrogen) atoms. The van der Waals surface area contributed by atoms with Crippen molar-refractivity contribution in [2.75, 3.05) is 13.1 Å². The van der Waals surface area contributed by atoms with Crippen molar-refractivity contribution < 1.29 is 9.53 Å². The van der Waals surface area contributed by atoms with Crippen LogP contribution in [0.2, 0.25) is 0 Å². The molecule has 0 radical (unpaired) electrons. The smallest absolute Gasteiger partial charge is 0.228 e. The lowest BCUT2D eigenvalue weighted by Crippen LogP contribution is -2.39. The second kappa shape index (κ2) is 12.0. The maximum atomic E-state index is 12.6. The van der Waals surface area contributed by atoms with Gasteiger partial charge < -0.3 is 9.64 Å². The van der Waals surface area contributed by atoms with E-state index in [1.165, 1.54) is 12.8 Å². The molecule has 0 bridgehead atoms. The van der Waals surface area contributed by atoms with Crippen molar-refractivity contribution in [2.24, 2.45) is 5.92 Å². The van der Waals surface area contributed by atoms with Gasteiger partial charge in [-0.2, -0.15) is 0 Å². The van der Waals surface area contributed by atoms with Crippen molar-refractivity contribution in [3.63, 3.8) is 0 Å². The van der Waals surface area contributed by atoms with Crippen LogP contribution in [0, 0.1) is 17.8 Å². The molecule has 2 heterocycles. The fraction of sp³-hybridized carbons (Fsp3) is 0.783. The molecule has 1 amide bonds. The summed E-state index contributed by atoms with van der Waals surface area (Å²) >= 11 is 0. The molecule has 0 aromatic carbocycles. The number of amides is 1. The molecule has 162 valence electrons. The Morgan fingerprint density at radius 1 is 1.28 bits per heavy atom. The van der Waals surface area contributed by atoms with Gasteiger partial charge in [-0.15, -0.1) is 5.10 Å². The number of hydrogen-bond acceptors (Lipinski definition) is 4. The molecule has 1 fully saturated rings. The molecule has 0 aliphatic carbocycles. The van der Waals surface area contributed by atoms with E-state index in [-0.39, 0.29) is 30.1 Å².